The molecule has 4 aromatic rings. The second-order valence-electron chi connectivity index (χ2n) is 9.87. The minimum absolute atomic E-state index is 0.0287. The molecular formula is C33H30ClF2NO5. The van der Waals surface area contributed by atoms with Crippen molar-refractivity contribution in [2.45, 2.75) is 38.5 Å². The standard InChI is InChI=1S/C33H30ClF2NO5/c34-29-18-14-25(15-19-29)24-12-16-28(17-13-24)33(35,36)42-30-6-2-1-5-27(30)22-37(20-4-3-7-31(38)39)21-23-8-10-26(11-9-23)32(40)41/h1-2,5-6,8-19H,3-4,7,20-22H2,(H,38,39)(H,40,41). The lowest BCUT2D eigenvalue weighted by molar-refractivity contribution is -0.186. The second kappa shape index (κ2) is 14.1. The highest BCUT2D eigenvalue weighted by atomic mass is 35.5. The van der Waals surface area contributed by atoms with Gasteiger partial charge < -0.3 is 14.9 Å². The fraction of sp³-hybridized carbons (Fsp3) is 0.212. The van der Waals surface area contributed by atoms with Crippen molar-refractivity contribution in [3.05, 3.63) is 124 Å². The Hall–Kier alpha value is -4.27. The molecular weight excluding hydrogens is 564 g/mol. The zero-order valence-electron chi connectivity index (χ0n) is 22.7. The van der Waals surface area contributed by atoms with Crippen LogP contribution in [0.3, 0.4) is 0 Å². The quantitative estimate of drug-likeness (QED) is 0.144. The Morgan fingerprint density at radius 3 is 2.02 bits per heavy atom. The first-order valence-corrected chi connectivity index (χ1v) is 13.8. The van der Waals surface area contributed by atoms with E-state index in [1.807, 2.05) is 17.0 Å². The number of ether oxygens (including phenoxy) is 1. The molecule has 0 amide bonds. The molecule has 0 radical (unpaired) electrons. The zero-order valence-corrected chi connectivity index (χ0v) is 23.4. The SMILES string of the molecule is O=C(O)CCCCN(Cc1ccc(C(=O)O)cc1)Cc1ccccc1OC(F)(F)c1ccc(-c2ccc(Cl)cc2)cc1. The fourth-order valence-electron chi connectivity index (χ4n) is 4.51. The first-order chi connectivity index (χ1) is 20.1. The Labute approximate surface area is 247 Å². The number of hydrogen-bond donors (Lipinski definition) is 2. The van der Waals surface area contributed by atoms with Crippen LogP contribution in [-0.4, -0.2) is 33.6 Å². The van der Waals surface area contributed by atoms with Crippen molar-refractivity contribution in [1.29, 1.82) is 0 Å². The van der Waals surface area contributed by atoms with Crippen molar-refractivity contribution in [2.24, 2.45) is 0 Å². The molecule has 0 unspecified atom stereocenters. The molecule has 42 heavy (non-hydrogen) atoms. The lowest BCUT2D eigenvalue weighted by atomic mass is 10.0. The molecule has 0 saturated heterocycles. The van der Waals surface area contributed by atoms with E-state index in [1.54, 1.807) is 54.6 Å². The summed E-state index contributed by atoms with van der Waals surface area (Å²) >= 11 is 5.95. The maximum atomic E-state index is 15.4. The molecule has 9 heteroatoms. The minimum atomic E-state index is -3.60. The van der Waals surface area contributed by atoms with E-state index in [4.69, 9.17) is 21.4 Å². The molecule has 0 aromatic heterocycles. The van der Waals surface area contributed by atoms with Gasteiger partial charge in [0.2, 0.25) is 0 Å². The number of benzene rings is 4. The number of hydrogen-bond acceptors (Lipinski definition) is 4. The number of alkyl halides is 2. The van der Waals surface area contributed by atoms with E-state index in [0.29, 0.717) is 36.5 Å². The van der Waals surface area contributed by atoms with Gasteiger partial charge in [-0.15, -0.1) is 0 Å². The van der Waals surface area contributed by atoms with Crippen LogP contribution in [0, 0.1) is 0 Å². The van der Waals surface area contributed by atoms with Crippen LogP contribution in [0.1, 0.15) is 46.3 Å². The summed E-state index contributed by atoms with van der Waals surface area (Å²) in [6.45, 7) is 1.17. The molecule has 0 heterocycles. The first kappa shape index (κ1) is 30.7. The average Bonchev–Trinajstić information content (AvgIpc) is 2.97. The number of halogens is 3. The Balaban J connectivity index is 1.50. The fourth-order valence-corrected chi connectivity index (χ4v) is 4.63. The molecule has 4 aromatic carbocycles. The summed E-state index contributed by atoms with van der Waals surface area (Å²) in [6.07, 6.45) is -2.53. The number of carboxylic acid groups (broad SMARTS) is 2. The maximum Gasteiger partial charge on any atom is 0.426 e. The van der Waals surface area contributed by atoms with Crippen LogP contribution in [-0.2, 0) is 24.0 Å². The van der Waals surface area contributed by atoms with Crippen molar-refractivity contribution < 1.29 is 33.3 Å². The van der Waals surface area contributed by atoms with Crippen LogP contribution in [0.5, 0.6) is 5.75 Å². The van der Waals surface area contributed by atoms with Crippen LogP contribution in [0.15, 0.2) is 97.1 Å². The number of unbranched alkanes of at least 4 members (excludes halogenated alkanes) is 1. The summed E-state index contributed by atoms with van der Waals surface area (Å²) in [6, 6.07) is 26.0. The molecule has 0 saturated carbocycles. The monoisotopic (exact) mass is 593 g/mol. The number of carboxylic acids is 2. The molecule has 6 nitrogen and oxygen atoms in total. The Morgan fingerprint density at radius 2 is 1.40 bits per heavy atom. The van der Waals surface area contributed by atoms with Crippen molar-refractivity contribution >= 4 is 23.5 Å². The first-order valence-electron chi connectivity index (χ1n) is 13.4. The van der Waals surface area contributed by atoms with E-state index >= 15 is 8.78 Å². The number of carbonyl (C=O) groups is 2. The molecule has 0 aliphatic heterocycles. The largest absolute Gasteiger partial charge is 0.481 e. The Kier molecular flexibility index (Phi) is 10.3. The van der Waals surface area contributed by atoms with Gasteiger partial charge in [-0.1, -0.05) is 66.2 Å². The summed E-state index contributed by atoms with van der Waals surface area (Å²) in [5, 5.41) is 18.8. The molecule has 0 fully saturated rings. The summed E-state index contributed by atoms with van der Waals surface area (Å²) in [4.78, 5) is 24.2. The average molecular weight is 594 g/mol. The highest BCUT2D eigenvalue weighted by Gasteiger charge is 2.35. The van der Waals surface area contributed by atoms with Gasteiger partial charge in [0.05, 0.1) is 11.1 Å². The van der Waals surface area contributed by atoms with Gasteiger partial charge in [0.1, 0.15) is 5.75 Å². The highest BCUT2D eigenvalue weighted by Crippen LogP contribution is 2.35. The van der Waals surface area contributed by atoms with Crippen molar-refractivity contribution in [1.82, 2.24) is 4.90 Å². The van der Waals surface area contributed by atoms with Crippen molar-refractivity contribution in [3.63, 3.8) is 0 Å². The predicted molar refractivity (Wildman–Crippen MR) is 157 cm³/mol. The summed E-state index contributed by atoms with van der Waals surface area (Å²) in [5.74, 6) is -1.88. The van der Waals surface area contributed by atoms with Crippen LogP contribution < -0.4 is 4.74 Å². The van der Waals surface area contributed by atoms with Gasteiger partial charge in [0.25, 0.3) is 0 Å². The Morgan fingerprint density at radius 1 is 0.786 bits per heavy atom. The third-order valence-electron chi connectivity index (χ3n) is 6.73. The Bertz CT molecular complexity index is 1490. The summed E-state index contributed by atoms with van der Waals surface area (Å²) < 4.78 is 36.0. The second-order valence-corrected chi connectivity index (χ2v) is 10.3. The molecule has 0 aliphatic rings. The normalized spacial score (nSPS) is 11.4. The van der Waals surface area contributed by atoms with E-state index in [2.05, 4.69) is 0 Å². The molecule has 218 valence electrons. The maximum absolute atomic E-state index is 15.4. The van der Waals surface area contributed by atoms with Crippen LogP contribution in [0.25, 0.3) is 11.1 Å². The summed E-state index contributed by atoms with van der Waals surface area (Å²) in [5.41, 5.74) is 2.86. The van der Waals surface area contributed by atoms with E-state index < -0.39 is 18.0 Å². The van der Waals surface area contributed by atoms with Crippen LogP contribution in [0.2, 0.25) is 5.02 Å². The topological polar surface area (TPSA) is 87.1 Å². The van der Waals surface area contributed by atoms with Gasteiger partial charge >= 0.3 is 18.0 Å². The van der Waals surface area contributed by atoms with E-state index in [1.165, 1.54) is 30.3 Å². The number of aromatic carboxylic acids is 1. The molecule has 2 N–H and O–H groups in total. The molecule has 4 rings (SSSR count). The predicted octanol–water partition coefficient (Wildman–Crippen LogP) is 8.09. The molecule has 0 atom stereocenters. The molecule has 0 aliphatic carbocycles. The number of nitrogens with zero attached hydrogens (tertiary/aromatic N) is 1. The van der Waals surface area contributed by atoms with Gasteiger partial charge in [-0.25, -0.2) is 4.79 Å². The molecule has 0 bridgehead atoms. The van der Waals surface area contributed by atoms with Gasteiger partial charge in [0, 0.05) is 30.1 Å². The highest BCUT2D eigenvalue weighted by molar-refractivity contribution is 6.30. The van der Waals surface area contributed by atoms with Gasteiger partial charge in [-0.05, 0) is 78.5 Å². The summed E-state index contributed by atoms with van der Waals surface area (Å²) in [7, 11) is 0. The number of para-hydroxylation sites is 1. The number of rotatable bonds is 14. The van der Waals surface area contributed by atoms with Crippen LogP contribution in [0.4, 0.5) is 8.78 Å². The van der Waals surface area contributed by atoms with Crippen LogP contribution >= 0.6 is 11.6 Å². The number of aliphatic carboxylic acids is 1. The van der Waals surface area contributed by atoms with Crippen molar-refractivity contribution in [2.75, 3.05) is 6.54 Å². The van der Waals surface area contributed by atoms with E-state index in [9.17, 15) is 14.7 Å². The smallest absolute Gasteiger partial charge is 0.426 e. The lowest BCUT2D eigenvalue weighted by Gasteiger charge is -2.25. The van der Waals surface area contributed by atoms with Gasteiger partial charge in [-0.2, -0.15) is 8.78 Å². The van der Waals surface area contributed by atoms with E-state index in [0.717, 1.165) is 16.7 Å². The zero-order chi connectivity index (χ0) is 30.1. The van der Waals surface area contributed by atoms with Gasteiger partial charge in [-0.3, -0.25) is 9.69 Å². The van der Waals surface area contributed by atoms with Crippen molar-refractivity contribution in [3.8, 4) is 16.9 Å². The van der Waals surface area contributed by atoms with E-state index in [-0.39, 0.29) is 29.8 Å². The third-order valence-corrected chi connectivity index (χ3v) is 6.98. The minimum Gasteiger partial charge on any atom is -0.481 e. The lowest BCUT2D eigenvalue weighted by Crippen LogP contribution is -2.26. The third kappa shape index (κ3) is 8.61. The van der Waals surface area contributed by atoms with Gasteiger partial charge in [0.15, 0.2) is 0 Å². The molecule has 0 spiro atoms.